The van der Waals surface area contributed by atoms with Crippen LogP contribution in [0.4, 0.5) is 4.79 Å². The average molecular weight is 280 g/mol. The van der Waals surface area contributed by atoms with Crippen LogP contribution in [0.1, 0.15) is 25.8 Å². The lowest BCUT2D eigenvalue weighted by atomic mass is 10.1. The van der Waals surface area contributed by atoms with E-state index in [4.69, 9.17) is 0 Å². The van der Waals surface area contributed by atoms with Gasteiger partial charge in [-0.3, -0.25) is 0 Å². The number of aliphatic hydroxyl groups is 1. The molecule has 0 spiro atoms. The zero-order valence-electron chi connectivity index (χ0n) is 12.3. The summed E-state index contributed by atoms with van der Waals surface area (Å²) in [5, 5.41) is 21.3. The molecule has 0 aliphatic carbocycles. The van der Waals surface area contributed by atoms with Crippen molar-refractivity contribution in [3.63, 3.8) is 0 Å². The molecule has 0 bridgehead atoms. The highest BCUT2D eigenvalue weighted by atomic mass is 16.3. The maximum Gasteiger partial charge on any atom is 0.317 e. The maximum absolute atomic E-state index is 11.8. The lowest BCUT2D eigenvalue weighted by Gasteiger charge is -2.22. The number of rotatable bonds is 6. The van der Waals surface area contributed by atoms with E-state index in [1.165, 1.54) is 4.90 Å². The predicted octanol–water partition coefficient (Wildman–Crippen LogP) is 1.74. The van der Waals surface area contributed by atoms with Crippen LogP contribution in [0.25, 0.3) is 0 Å². The third-order valence-electron chi connectivity index (χ3n) is 3.06. The summed E-state index contributed by atoms with van der Waals surface area (Å²) < 4.78 is 0. The molecule has 0 aliphatic rings. The van der Waals surface area contributed by atoms with Crippen LogP contribution in [0.5, 0.6) is 5.75 Å². The predicted molar refractivity (Wildman–Crippen MR) is 78.7 cm³/mol. The minimum absolute atomic E-state index is 0.0488. The van der Waals surface area contributed by atoms with E-state index in [1.807, 2.05) is 19.1 Å². The Labute approximate surface area is 120 Å². The Kier molecular flexibility index (Phi) is 6.31. The Morgan fingerprint density at radius 2 is 1.90 bits per heavy atom. The number of nitrogens with zero attached hydrogens (tertiary/aromatic N) is 1. The van der Waals surface area contributed by atoms with Crippen LogP contribution >= 0.6 is 0 Å². The van der Waals surface area contributed by atoms with Crippen molar-refractivity contribution in [1.82, 2.24) is 10.2 Å². The number of urea groups is 1. The van der Waals surface area contributed by atoms with Gasteiger partial charge in [-0.15, -0.1) is 0 Å². The molecular formula is C15H24N2O3. The van der Waals surface area contributed by atoms with Crippen LogP contribution in [0, 0.1) is 0 Å². The van der Waals surface area contributed by atoms with Gasteiger partial charge in [-0.05, 0) is 44.4 Å². The molecule has 2 amide bonds. The molecule has 0 heterocycles. The highest BCUT2D eigenvalue weighted by Gasteiger charge is 2.13. The number of nitrogens with one attached hydrogen (secondary N) is 1. The fourth-order valence-corrected chi connectivity index (χ4v) is 1.92. The zero-order valence-corrected chi connectivity index (χ0v) is 12.3. The van der Waals surface area contributed by atoms with Crippen LogP contribution in [-0.4, -0.2) is 46.9 Å². The summed E-state index contributed by atoms with van der Waals surface area (Å²) in [7, 11) is 1.66. The first-order chi connectivity index (χ1) is 9.38. The van der Waals surface area contributed by atoms with E-state index in [0.717, 1.165) is 18.4 Å². The molecule has 5 heteroatoms. The quantitative estimate of drug-likeness (QED) is 0.743. The fourth-order valence-electron chi connectivity index (χ4n) is 1.92. The third-order valence-corrected chi connectivity index (χ3v) is 3.06. The van der Waals surface area contributed by atoms with Crippen LogP contribution in [0.3, 0.4) is 0 Å². The number of phenolic OH excluding ortho intramolecular Hbond substituents is 1. The molecule has 0 radical (unpaired) electrons. The Hall–Kier alpha value is -1.75. The van der Waals surface area contributed by atoms with Gasteiger partial charge in [-0.25, -0.2) is 4.79 Å². The first-order valence-corrected chi connectivity index (χ1v) is 6.86. The molecule has 1 aromatic carbocycles. The van der Waals surface area contributed by atoms with Crippen molar-refractivity contribution in [3.05, 3.63) is 29.8 Å². The first-order valence-electron chi connectivity index (χ1n) is 6.86. The first kappa shape index (κ1) is 16.3. The van der Waals surface area contributed by atoms with Gasteiger partial charge in [0, 0.05) is 19.6 Å². The lowest BCUT2D eigenvalue weighted by molar-refractivity contribution is 0.142. The standard InChI is InChI=1S/C15H24N2O3/c1-11(16-15(20)17(3)10-12(2)18)4-5-13-6-8-14(19)9-7-13/h6-9,11-12,18-19H,4-5,10H2,1-3H3,(H,16,20). The van der Waals surface area contributed by atoms with E-state index >= 15 is 0 Å². The SMILES string of the molecule is CC(O)CN(C)C(=O)NC(C)CCc1ccc(O)cc1. The van der Waals surface area contributed by atoms with E-state index in [-0.39, 0.29) is 17.8 Å². The Bertz CT molecular complexity index is 418. The maximum atomic E-state index is 11.8. The van der Waals surface area contributed by atoms with Crippen molar-refractivity contribution in [2.24, 2.45) is 0 Å². The molecule has 20 heavy (non-hydrogen) atoms. The molecule has 0 saturated heterocycles. The number of amides is 2. The number of likely N-dealkylation sites (N-methyl/N-ethyl adjacent to an activating group) is 1. The summed E-state index contributed by atoms with van der Waals surface area (Å²) >= 11 is 0. The summed E-state index contributed by atoms with van der Waals surface area (Å²) in [6, 6.07) is 6.95. The summed E-state index contributed by atoms with van der Waals surface area (Å²) in [4.78, 5) is 13.3. The van der Waals surface area contributed by atoms with Gasteiger partial charge in [0.2, 0.25) is 0 Å². The number of phenols is 1. The van der Waals surface area contributed by atoms with Crippen molar-refractivity contribution >= 4 is 6.03 Å². The molecule has 5 nitrogen and oxygen atoms in total. The normalized spacial score (nSPS) is 13.6. The van der Waals surface area contributed by atoms with Crippen LogP contribution in [0.15, 0.2) is 24.3 Å². The van der Waals surface area contributed by atoms with Crippen LogP contribution < -0.4 is 5.32 Å². The molecule has 2 unspecified atom stereocenters. The average Bonchev–Trinajstić information content (AvgIpc) is 2.37. The molecular weight excluding hydrogens is 256 g/mol. The second-order valence-corrected chi connectivity index (χ2v) is 5.29. The van der Waals surface area contributed by atoms with Crippen molar-refractivity contribution in [2.75, 3.05) is 13.6 Å². The van der Waals surface area contributed by atoms with Gasteiger partial charge in [0.1, 0.15) is 5.75 Å². The van der Waals surface area contributed by atoms with Gasteiger partial charge in [0.15, 0.2) is 0 Å². The van der Waals surface area contributed by atoms with E-state index in [2.05, 4.69) is 5.32 Å². The molecule has 3 N–H and O–H groups in total. The van der Waals surface area contributed by atoms with E-state index in [1.54, 1.807) is 26.1 Å². The molecule has 1 rings (SSSR count). The minimum atomic E-state index is -0.530. The monoisotopic (exact) mass is 280 g/mol. The fraction of sp³-hybridized carbons (Fsp3) is 0.533. The second kappa shape index (κ2) is 7.75. The van der Waals surface area contributed by atoms with Gasteiger partial charge < -0.3 is 20.4 Å². The number of carbonyl (C=O) groups is 1. The Morgan fingerprint density at radius 1 is 1.30 bits per heavy atom. The third kappa shape index (κ3) is 5.93. The Morgan fingerprint density at radius 3 is 2.45 bits per heavy atom. The number of aromatic hydroxyl groups is 1. The smallest absolute Gasteiger partial charge is 0.317 e. The number of benzene rings is 1. The van der Waals surface area contributed by atoms with Crippen LogP contribution in [-0.2, 0) is 6.42 Å². The summed E-state index contributed by atoms with van der Waals surface area (Å²) in [6.07, 6.45) is 1.12. The molecule has 112 valence electrons. The molecule has 2 atom stereocenters. The second-order valence-electron chi connectivity index (χ2n) is 5.29. The van der Waals surface area contributed by atoms with Crippen molar-refractivity contribution < 1.29 is 15.0 Å². The number of aryl methyl sites for hydroxylation is 1. The van der Waals surface area contributed by atoms with Gasteiger partial charge in [-0.2, -0.15) is 0 Å². The largest absolute Gasteiger partial charge is 0.508 e. The lowest BCUT2D eigenvalue weighted by Crippen LogP contribution is -2.44. The topological polar surface area (TPSA) is 72.8 Å². The zero-order chi connectivity index (χ0) is 15.1. The van der Waals surface area contributed by atoms with Crippen LogP contribution in [0.2, 0.25) is 0 Å². The Balaban J connectivity index is 2.34. The minimum Gasteiger partial charge on any atom is -0.508 e. The van der Waals surface area contributed by atoms with Gasteiger partial charge in [0.25, 0.3) is 0 Å². The molecule has 1 aromatic rings. The number of carbonyl (C=O) groups excluding carboxylic acids is 1. The number of hydrogen-bond donors (Lipinski definition) is 3. The van der Waals surface area contributed by atoms with Crippen molar-refractivity contribution in [1.29, 1.82) is 0 Å². The summed E-state index contributed by atoms with van der Waals surface area (Å²) in [5.74, 6) is 0.259. The highest BCUT2D eigenvalue weighted by Crippen LogP contribution is 2.12. The van der Waals surface area contributed by atoms with Gasteiger partial charge in [0.05, 0.1) is 6.10 Å². The summed E-state index contributed by atoms with van der Waals surface area (Å²) in [6.45, 7) is 3.92. The summed E-state index contributed by atoms with van der Waals surface area (Å²) in [5.41, 5.74) is 1.13. The van der Waals surface area contributed by atoms with Crippen molar-refractivity contribution in [3.8, 4) is 5.75 Å². The van der Waals surface area contributed by atoms with E-state index < -0.39 is 6.10 Å². The van der Waals surface area contributed by atoms with Gasteiger partial charge >= 0.3 is 6.03 Å². The number of hydrogen-bond acceptors (Lipinski definition) is 3. The molecule has 0 fully saturated rings. The van der Waals surface area contributed by atoms with Gasteiger partial charge in [-0.1, -0.05) is 12.1 Å². The molecule has 0 aromatic heterocycles. The number of aliphatic hydroxyl groups excluding tert-OH is 1. The van der Waals surface area contributed by atoms with Crippen molar-refractivity contribution in [2.45, 2.75) is 38.8 Å². The van der Waals surface area contributed by atoms with E-state index in [0.29, 0.717) is 6.54 Å². The molecule has 0 saturated carbocycles. The highest BCUT2D eigenvalue weighted by molar-refractivity contribution is 5.74. The van der Waals surface area contributed by atoms with E-state index in [9.17, 15) is 15.0 Å². The molecule has 0 aliphatic heterocycles.